The van der Waals surface area contributed by atoms with Gasteiger partial charge in [0.05, 0.1) is 0 Å². The third-order valence-corrected chi connectivity index (χ3v) is 7.96. The second kappa shape index (κ2) is 7.48. The molecule has 0 aliphatic carbocycles. The molecular formula is C16H25BrN3OP. The summed E-state index contributed by atoms with van der Waals surface area (Å²) < 4.78 is 19.4. The fraction of sp³-hybridized carbons (Fsp3) is 0.625. The lowest BCUT2D eigenvalue weighted by Gasteiger charge is -2.42. The predicted molar refractivity (Wildman–Crippen MR) is 96.2 cm³/mol. The van der Waals surface area contributed by atoms with Gasteiger partial charge in [0.2, 0.25) is 0 Å². The van der Waals surface area contributed by atoms with Crippen LogP contribution in [0.2, 0.25) is 0 Å². The maximum Gasteiger partial charge on any atom is 0.308 e. The minimum absolute atomic E-state index is 0.942. The van der Waals surface area contributed by atoms with Crippen LogP contribution in [-0.4, -0.2) is 35.5 Å². The van der Waals surface area contributed by atoms with Gasteiger partial charge in [-0.2, -0.15) is 0 Å². The standard InChI is InChI=1S/C16H25BrN3OP/c17-15-7-9-16(10-8-15)18-22(21,19-11-3-1-4-12-19)20-13-5-2-6-14-20/h7-10H,1-6,11-14H2,(H,18,21). The average molecular weight is 386 g/mol. The molecule has 0 spiro atoms. The molecule has 2 aliphatic heterocycles. The summed E-state index contributed by atoms with van der Waals surface area (Å²) in [6, 6.07) is 8.01. The van der Waals surface area contributed by atoms with Gasteiger partial charge in [-0.15, -0.1) is 0 Å². The average Bonchev–Trinajstić information content (AvgIpc) is 2.58. The van der Waals surface area contributed by atoms with Crippen LogP contribution in [0.4, 0.5) is 5.69 Å². The van der Waals surface area contributed by atoms with Crippen molar-refractivity contribution < 1.29 is 4.57 Å². The summed E-state index contributed by atoms with van der Waals surface area (Å²) in [6.07, 6.45) is 7.13. The summed E-state index contributed by atoms with van der Waals surface area (Å²) in [4.78, 5) is 0. The van der Waals surface area contributed by atoms with Crippen LogP contribution in [0.3, 0.4) is 0 Å². The molecule has 6 heteroatoms. The molecule has 0 saturated carbocycles. The fourth-order valence-corrected chi connectivity index (χ4v) is 6.35. The molecule has 1 aromatic carbocycles. The summed E-state index contributed by atoms with van der Waals surface area (Å²) in [5.74, 6) is 0. The molecule has 1 N–H and O–H groups in total. The number of benzene rings is 1. The zero-order valence-electron chi connectivity index (χ0n) is 13.0. The third kappa shape index (κ3) is 3.76. The normalized spacial score (nSPS) is 21.7. The van der Waals surface area contributed by atoms with Crippen LogP contribution in [0.25, 0.3) is 0 Å². The third-order valence-electron chi connectivity index (χ3n) is 4.55. The first-order valence-electron chi connectivity index (χ1n) is 8.33. The highest BCUT2D eigenvalue weighted by molar-refractivity contribution is 9.10. The lowest BCUT2D eigenvalue weighted by Crippen LogP contribution is -2.40. The Morgan fingerprint density at radius 3 is 1.73 bits per heavy atom. The van der Waals surface area contributed by atoms with Crippen molar-refractivity contribution in [1.29, 1.82) is 0 Å². The smallest absolute Gasteiger partial charge is 0.308 e. The first-order valence-corrected chi connectivity index (χ1v) is 10.7. The summed E-state index contributed by atoms with van der Waals surface area (Å²) in [5, 5.41) is 3.41. The topological polar surface area (TPSA) is 35.6 Å². The first-order chi connectivity index (χ1) is 10.7. The summed E-state index contributed by atoms with van der Waals surface area (Å²) in [5.41, 5.74) is 0.947. The Kier molecular flexibility index (Phi) is 5.61. The molecule has 0 bridgehead atoms. The Morgan fingerprint density at radius 2 is 1.27 bits per heavy atom. The van der Waals surface area contributed by atoms with Crippen molar-refractivity contribution in [2.45, 2.75) is 38.5 Å². The summed E-state index contributed by atoms with van der Waals surface area (Å²) in [7, 11) is -2.71. The van der Waals surface area contributed by atoms with E-state index in [4.69, 9.17) is 0 Å². The number of hydrogen-bond acceptors (Lipinski definition) is 1. The molecule has 0 unspecified atom stereocenters. The van der Waals surface area contributed by atoms with E-state index in [-0.39, 0.29) is 0 Å². The molecule has 22 heavy (non-hydrogen) atoms. The fourth-order valence-electron chi connectivity index (χ4n) is 3.31. The van der Waals surface area contributed by atoms with E-state index < -0.39 is 7.59 Å². The van der Waals surface area contributed by atoms with Gasteiger partial charge in [-0.1, -0.05) is 28.8 Å². The van der Waals surface area contributed by atoms with Gasteiger partial charge in [-0.25, -0.2) is 9.34 Å². The van der Waals surface area contributed by atoms with E-state index in [1.54, 1.807) is 0 Å². The van der Waals surface area contributed by atoms with Gasteiger partial charge in [0.15, 0.2) is 0 Å². The number of halogens is 1. The zero-order chi connectivity index (χ0) is 15.4. The van der Waals surface area contributed by atoms with Gasteiger partial charge in [0, 0.05) is 36.3 Å². The summed E-state index contributed by atoms with van der Waals surface area (Å²) in [6.45, 7) is 3.77. The lowest BCUT2D eigenvalue weighted by molar-refractivity contribution is 0.279. The number of hydrogen-bond donors (Lipinski definition) is 1. The molecule has 0 atom stereocenters. The SMILES string of the molecule is O=P(Nc1ccc(Br)cc1)(N1CCCCC1)N1CCCCC1. The second-order valence-corrected chi connectivity index (χ2v) is 9.55. The molecule has 122 valence electrons. The Balaban J connectivity index is 1.83. The number of rotatable bonds is 4. The molecule has 2 saturated heterocycles. The zero-order valence-corrected chi connectivity index (χ0v) is 15.5. The lowest BCUT2D eigenvalue weighted by atomic mass is 10.2. The number of anilines is 1. The van der Waals surface area contributed by atoms with E-state index in [0.29, 0.717) is 0 Å². The van der Waals surface area contributed by atoms with Gasteiger partial charge in [-0.05, 0) is 49.9 Å². The van der Waals surface area contributed by atoms with E-state index in [1.807, 2.05) is 24.3 Å². The van der Waals surface area contributed by atoms with E-state index in [9.17, 15) is 4.57 Å². The molecule has 0 amide bonds. The number of nitrogens with zero attached hydrogens (tertiary/aromatic N) is 2. The molecule has 1 aromatic rings. The molecule has 3 rings (SSSR count). The van der Waals surface area contributed by atoms with Gasteiger partial charge >= 0.3 is 7.59 Å². The number of nitrogens with one attached hydrogen (secondary N) is 1. The van der Waals surface area contributed by atoms with Crippen molar-refractivity contribution >= 4 is 29.2 Å². The predicted octanol–water partition coefficient (Wildman–Crippen LogP) is 4.94. The maximum atomic E-state index is 13.9. The molecule has 2 heterocycles. The van der Waals surface area contributed by atoms with Crippen LogP contribution >= 0.6 is 23.5 Å². The minimum atomic E-state index is -2.71. The summed E-state index contributed by atoms with van der Waals surface area (Å²) >= 11 is 3.46. The van der Waals surface area contributed by atoms with Crippen molar-refractivity contribution in [3.8, 4) is 0 Å². The second-order valence-electron chi connectivity index (χ2n) is 6.19. The Hall–Kier alpha value is -0.350. The van der Waals surface area contributed by atoms with Crippen molar-refractivity contribution in [3.63, 3.8) is 0 Å². The molecule has 4 nitrogen and oxygen atoms in total. The van der Waals surface area contributed by atoms with E-state index in [2.05, 4.69) is 30.4 Å². The van der Waals surface area contributed by atoms with E-state index in [0.717, 1.165) is 62.0 Å². The van der Waals surface area contributed by atoms with E-state index in [1.165, 1.54) is 12.8 Å². The maximum absolute atomic E-state index is 13.9. The van der Waals surface area contributed by atoms with Gasteiger partial charge in [0.25, 0.3) is 0 Å². The van der Waals surface area contributed by atoms with Crippen LogP contribution in [-0.2, 0) is 4.57 Å². The molecule has 0 radical (unpaired) electrons. The highest BCUT2D eigenvalue weighted by atomic mass is 79.9. The van der Waals surface area contributed by atoms with Gasteiger partial charge in [0.1, 0.15) is 0 Å². The monoisotopic (exact) mass is 385 g/mol. The van der Waals surface area contributed by atoms with Gasteiger partial charge < -0.3 is 5.09 Å². The van der Waals surface area contributed by atoms with E-state index >= 15 is 0 Å². The van der Waals surface area contributed by atoms with Crippen molar-refractivity contribution in [1.82, 2.24) is 9.34 Å². The molecular weight excluding hydrogens is 361 g/mol. The van der Waals surface area contributed by atoms with Crippen LogP contribution < -0.4 is 5.09 Å². The van der Waals surface area contributed by atoms with Gasteiger partial charge in [-0.3, -0.25) is 4.57 Å². The largest absolute Gasteiger partial charge is 0.313 e. The van der Waals surface area contributed by atoms with Crippen molar-refractivity contribution in [3.05, 3.63) is 28.7 Å². The highest BCUT2D eigenvalue weighted by Gasteiger charge is 2.38. The Bertz CT molecular complexity index is 503. The molecule has 0 aromatic heterocycles. The molecule has 2 aliphatic rings. The highest BCUT2D eigenvalue weighted by Crippen LogP contribution is 2.54. The van der Waals surface area contributed by atoms with Crippen LogP contribution in [0, 0.1) is 0 Å². The quantitative estimate of drug-likeness (QED) is 0.744. The van der Waals surface area contributed by atoms with Crippen molar-refractivity contribution in [2.24, 2.45) is 0 Å². The van der Waals surface area contributed by atoms with Crippen LogP contribution in [0.5, 0.6) is 0 Å². The first kappa shape index (κ1) is 16.5. The van der Waals surface area contributed by atoms with Crippen molar-refractivity contribution in [2.75, 3.05) is 31.3 Å². The minimum Gasteiger partial charge on any atom is -0.313 e. The Morgan fingerprint density at radius 1 is 0.818 bits per heavy atom. The molecule has 2 fully saturated rings. The Labute approximate surface area is 141 Å². The van der Waals surface area contributed by atoms with Crippen LogP contribution in [0.15, 0.2) is 28.7 Å². The number of piperidine rings is 2. The van der Waals surface area contributed by atoms with Crippen LogP contribution in [0.1, 0.15) is 38.5 Å².